The van der Waals surface area contributed by atoms with Gasteiger partial charge in [0.2, 0.25) is 11.8 Å². The molecule has 7 heteroatoms. The molecule has 27 heavy (non-hydrogen) atoms. The predicted octanol–water partition coefficient (Wildman–Crippen LogP) is 1.97. The lowest BCUT2D eigenvalue weighted by Crippen LogP contribution is -2.50. The van der Waals surface area contributed by atoms with Gasteiger partial charge in [-0.25, -0.2) is 0 Å². The Bertz CT molecular complexity index is 899. The Morgan fingerprint density at radius 3 is 2.48 bits per heavy atom. The molecule has 2 aliphatic rings. The predicted molar refractivity (Wildman–Crippen MR) is 106 cm³/mol. The molecular formula is C20H25ClN4O2. The van der Waals surface area contributed by atoms with Gasteiger partial charge in [-0.2, -0.15) is 0 Å². The second-order valence-corrected chi connectivity index (χ2v) is 7.98. The van der Waals surface area contributed by atoms with E-state index in [1.54, 1.807) is 11.8 Å². The molecule has 6 nitrogen and oxygen atoms in total. The van der Waals surface area contributed by atoms with Gasteiger partial charge in [0.05, 0.1) is 0 Å². The average molecular weight is 389 g/mol. The highest BCUT2D eigenvalue weighted by atomic mass is 35.5. The lowest BCUT2D eigenvalue weighted by atomic mass is 10.1. The molecule has 1 saturated heterocycles. The molecular weight excluding hydrogens is 364 g/mol. The molecule has 0 aliphatic carbocycles. The first-order valence-corrected chi connectivity index (χ1v) is 9.83. The van der Waals surface area contributed by atoms with Gasteiger partial charge in [0, 0.05) is 74.2 Å². The number of hydrogen-bond acceptors (Lipinski definition) is 3. The van der Waals surface area contributed by atoms with Gasteiger partial charge in [-0.15, -0.1) is 0 Å². The van der Waals surface area contributed by atoms with Crippen LogP contribution in [0.4, 0.5) is 0 Å². The molecule has 1 fully saturated rings. The molecule has 3 heterocycles. The molecule has 0 N–H and O–H groups in total. The van der Waals surface area contributed by atoms with Crippen LogP contribution in [0.2, 0.25) is 5.02 Å². The smallest absolute Gasteiger partial charge is 0.242 e. The first kappa shape index (κ1) is 18.3. The van der Waals surface area contributed by atoms with Crippen LogP contribution in [0.5, 0.6) is 0 Å². The molecule has 0 unspecified atom stereocenters. The summed E-state index contributed by atoms with van der Waals surface area (Å²) in [5.74, 6) is 0.195. The van der Waals surface area contributed by atoms with Gasteiger partial charge in [-0.05, 0) is 30.8 Å². The highest BCUT2D eigenvalue weighted by Crippen LogP contribution is 2.32. The minimum absolute atomic E-state index is 0.0774. The summed E-state index contributed by atoms with van der Waals surface area (Å²) in [5.41, 5.74) is 3.62. The summed E-state index contributed by atoms with van der Waals surface area (Å²) in [7, 11) is 2.12. The Morgan fingerprint density at radius 1 is 1.07 bits per heavy atom. The number of halogens is 1. The van der Waals surface area contributed by atoms with E-state index < -0.39 is 0 Å². The van der Waals surface area contributed by atoms with E-state index in [4.69, 9.17) is 11.6 Å². The summed E-state index contributed by atoms with van der Waals surface area (Å²) in [6, 6.07) is 5.93. The van der Waals surface area contributed by atoms with Crippen LogP contribution in [0.3, 0.4) is 0 Å². The van der Waals surface area contributed by atoms with Crippen molar-refractivity contribution in [2.24, 2.45) is 0 Å². The Balaban J connectivity index is 1.61. The summed E-state index contributed by atoms with van der Waals surface area (Å²) in [4.78, 5) is 30.4. The molecule has 0 spiro atoms. The summed E-state index contributed by atoms with van der Waals surface area (Å²) in [6.45, 7) is 6.24. The van der Waals surface area contributed by atoms with E-state index in [0.717, 1.165) is 35.4 Å². The number of aromatic nitrogens is 1. The van der Waals surface area contributed by atoms with Crippen molar-refractivity contribution in [1.82, 2.24) is 19.3 Å². The third kappa shape index (κ3) is 3.44. The first-order valence-electron chi connectivity index (χ1n) is 9.45. The molecule has 2 amide bonds. The Kier molecular flexibility index (Phi) is 4.86. The standard InChI is InChI=1S/C20H25ClN4O2/c1-14(26)23-7-9-24(10-8-23)20(27)13-25-18-4-3-15(21)11-16(18)17-12-22(2)6-5-19(17)25/h3-4,11H,5-10,12-13H2,1-2H3. The van der Waals surface area contributed by atoms with Gasteiger partial charge in [-0.1, -0.05) is 11.6 Å². The third-order valence-corrected chi connectivity index (χ3v) is 6.01. The molecule has 1 aromatic heterocycles. The van der Waals surface area contributed by atoms with E-state index in [9.17, 15) is 9.59 Å². The van der Waals surface area contributed by atoms with Crippen molar-refractivity contribution in [1.29, 1.82) is 0 Å². The molecule has 0 atom stereocenters. The van der Waals surface area contributed by atoms with Crippen LogP contribution in [0.1, 0.15) is 18.2 Å². The van der Waals surface area contributed by atoms with E-state index in [0.29, 0.717) is 32.7 Å². The minimum atomic E-state index is 0.0774. The van der Waals surface area contributed by atoms with Crippen LogP contribution >= 0.6 is 11.6 Å². The Morgan fingerprint density at radius 2 is 1.78 bits per heavy atom. The fourth-order valence-corrected chi connectivity index (χ4v) is 4.42. The normalized spacial score (nSPS) is 18.0. The number of piperazine rings is 1. The highest BCUT2D eigenvalue weighted by Gasteiger charge is 2.26. The molecule has 2 aromatic rings. The monoisotopic (exact) mass is 388 g/mol. The zero-order valence-corrected chi connectivity index (χ0v) is 16.6. The first-order chi connectivity index (χ1) is 12.9. The molecule has 0 saturated carbocycles. The fourth-order valence-electron chi connectivity index (χ4n) is 4.24. The number of likely N-dealkylation sites (N-methyl/N-ethyl adjacent to an activating group) is 1. The molecule has 1 aromatic carbocycles. The van der Waals surface area contributed by atoms with Gasteiger partial charge < -0.3 is 19.3 Å². The van der Waals surface area contributed by atoms with Crippen LogP contribution in [0.15, 0.2) is 18.2 Å². The molecule has 144 valence electrons. The summed E-state index contributed by atoms with van der Waals surface area (Å²) < 4.78 is 2.17. The SMILES string of the molecule is CC(=O)N1CCN(C(=O)Cn2c3c(c4cc(Cl)ccc42)CN(C)CC3)CC1. The van der Waals surface area contributed by atoms with E-state index in [-0.39, 0.29) is 11.8 Å². The fraction of sp³-hybridized carbons (Fsp3) is 0.500. The van der Waals surface area contributed by atoms with Crippen LogP contribution < -0.4 is 0 Å². The average Bonchev–Trinajstić information content (AvgIpc) is 2.94. The van der Waals surface area contributed by atoms with Crippen LogP contribution in [0.25, 0.3) is 10.9 Å². The number of benzene rings is 1. The second kappa shape index (κ2) is 7.17. The largest absolute Gasteiger partial charge is 0.339 e. The minimum Gasteiger partial charge on any atom is -0.339 e. The van der Waals surface area contributed by atoms with Gasteiger partial charge in [0.25, 0.3) is 0 Å². The van der Waals surface area contributed by atoms with Crippen molar-refractivity contribution in [2.45, 2.75) is 26.4 Å². The van der Waals surface area contributed by atoms with Crippen LogP contribution in [-0.4, -0.2) is 70.9 Å². The van der Waals surface area contributed by atoms with E-state index in [1.807, 2.05) is 23.1 Å². The van der Waals surface area contributed by atoms with Crippen molar-refractivity contribution in [3.05, 3.63) is 34.5 Å². The summed E-state index contributed by atoms with van der Waals surface area (Å²) >= 11 is 6.24. The zero-order valence-electron chi connectivity index (χ0n) is 15.9. The maximum absolute atomic E-state index is 13.0. The van der Waals surface area contributed by atoms with Gasteiger partial charge in [-0.3, -0.25) is 9.59 Å². The molecule has 4 rings (SSSR count). The van der Waals surface area contributed by atoms with Crippen molar-refractivity contribution in [3.63, 3.8) is 0 Å². The topological polar surface area (TPSA) is 48.8 Å². The second-order valence-electron chi connectivity index (χ2n) is 7.55. The van der Waals surface area contributed by atoms with Crippen molar-refractivity contribution < 1.29 is 9.59 Å². The zero-order chi connectivity index (χ0) is 19.1. The number of amides is 2. The number of carbonyl (C=O) groups excluding carboxylic acids is 2. The van der Waals surface area contributed by atoms with Crippen molar-refractivity contribution in [2.75, 3.05) is 39.8 Å². The quantitative estimate of drug-likeness (QED) is 0.790. The van der Waals surface area contributed by atoms with E-state index in [1.165, 1.54) is 11.3 Å². The lowest BCUT2D eigenvalue weighted by molar-refractivity contribution is -0.138. The van der Waals surface area contributed by atoms with Crippen molar-refractivity contribution >= 4 is 34.3 Å². The Labute approximate surface area is 164 Å². The highest BCUT2D eigenvalue weighted by molar-refractivity contribution is 6.31. The van der Waals surface area contributed by atoms with Crippen LogP contribution in [0, 0.1) is 0 Å². The van der Waals surface area contributed by atoms with Crippen LogP contribution in [-0.2, 0) is 29.1 Å². The Hall–Kier alpha value is -2.05. The number of carbonyl (C=O) groups is 2. The number of rotatable bonds is 2. The number of hydrogen-bond donors (Lipinski definition) is 0. The van der Waals surface area contributed by atoms with Gasteiger partial charge in [0.15, 0.2) is 0 Å². The summed E-state index contributed by atoms with van der Waals surface area (Å²) in [6.07, 6.45) is 0.934. The summed E-state index contributed by atoms with van der Waals surface area (Å²) in [5, 5.41) is 1.88. The number of nitrogens with zero attached hydrogens (tertiary/aromatic N) is 4. The molecule has 2 aliphatic heterocycles. The third-order valence-electron chi connectivity index (χ3n) is 5.78. The van der Waals surface area contributed by atoms with Crippen molar-refractivity contribution in [3.8, 4) is 0 Å². The van der Waals surface area contributed by atoms with Gasteiger partial charge >= 0.3 is 0 Å². The van der Waals surface area contributed by atoms with E-state index in [2.05, 4.69) is 16.5 Å². The lowest BCUT2D eigenvalue weighted by Gasteiger charge is -2.34. The molecule has 0 bridgehead atoms. The number of fused-ring (bicyclic) bond motifs is 3. The maximum atomic E-state index is 13.0. The van der Waals surface area contributed by atoms with Gasteiger partial charge in [0.1, 0.15) is 6.54 Å². The maximum Gasteiger partial charge on any atom is 0.242 e. The molecule has 0 radical (unpaired) electrons. The van der Waals surface area contributed by atoms with E-state index >= 15 is 0 Å².